The summed E-state index contributed by atoms with van der Waals surface area (Å²) in [6.45, 7) is 3.52. The van der Waals surface area contributed by atoms with Gasteiger partial charge in [-0.15, -0.1) is 0 Å². The molecule has 0 aliphatic carbocycles. The van der Waals surface area contributed by atoms with E-state index in [2.05, 4.69) is 40.4 Å². The third kappa shape index (κ3) is 4.61. The molecule has 4 rings (SSSR count). The van der Waals surface area contributed by atoms with Crippen LogP contribution in [-0.4, -0.2) is 37.5 Å². The molecule has 2 fully saturated rings. The first kappa shape index (κ1) is 21.5. The summed E-state index contributed by atoms with van der Waals surface area (Å²) in [7, 11) is 2.19. The maximum absolute atomic E-state index is 12.9. The third-order valence-corrected chi connectivity index (χ3v) is 6.90. The number of anilines is 1. The first-order valence-electron chi connectivity index (χ1n) is 10.8. The summed E-state index contributed by atoms with van der Waals surface area (Å²) in [6, 6.07) is 12.3. The molecule has 6 heteroatoms. The molecule has 0 bridgehead atoms. The molecule has 2 aromatic rings. The van der Waals surface area contributed by atoms with E-state index in [0.29, 0.717) is 28.2 Å². The third-order valence-electron chi connectivity index (χ3n) is 6.33. The summed E-state index contributed by atoms with van der Waals surface area (Å²) in [4.78, 5) is 17.5. The van der Waals surface area contributed by atoms with Gasteiger partial charge in [0.15, 0.2) is 0 Å². The van der Waals surface area contributed by atoms with E-state index in [1.807, 2.05) is 6.07 Å². The molecule has 160 valence electrons. The van der Waals surface area contributed by atoms with Crippen molar-refractivity contribution in [2.24, 2.45) is 0 Å². The van der Waals surface area contributed by atoms with Crippen LogP contribution in [-0.2, 0) is 6.54 Å². The van der Waals surface area contributed by atoms with Gasteiger partial charge in [0.2, 0.25) is 0 Å². The Balaban J connectivity index is 1.48. The van der Waals surface area contributed by atoms with E-state index in [1.165, 1.54) is 18.4 Å². The Morgan fingerprint density at radius 1 is 1.03 bits per heavy atom. The number of likely N-dealkylation sites (tertiary alicyclic amines) is 1. The number of carbonyl (C=O) groups excluding carboxylic acids is 1. The number of rotatable bonds is 5. The second-order valence-corrected chi connectivity index (χ2v) is 9.17. The van der Waals surface area contributed by atoms with Crippen molar-refractivity contribution >= 4 is 34.8 Å². The number of amides is 1. The van der Waals surface area contributed by atoms with Crippen molar-refractivity contribution in [2.45, 2.75) is 44.7 Å². The molecule has 2 aromatic carbocycles. The van der Waals surface area contributed by atoms with E-state index in [4.69, 9.17) is 23.2 Å². The van der Waals surface area contributed by atoms with Gasteiger partial charge in [-0.3, -0.25) is 9.69 Å². The van der Waals surface area contributed by atoms with Gasteiger partial charge in [-0.05, 0) is 62.5 Å². The number of hydrogen-bond donors (Lipinski definition) is 1. The van der Waals surface area contributed by atoms with Crippen molar-refractivity contribution in [2.75, 3.05) is 31.6 Å². The number of piperidine rings is 1. The number of benzene rings is 2. The van der Waals surface area contributed by atoms with E-state index < -0.39 is 0 Å². The van der Waals surface area contributed by atoms with Crippen LogP contribution in [0.5, 0.6) is 0 Å². The summed E-state index contributed by atoms with van der Waals surface area (Å²) >= 11 is 13.0. The van der Waals surface area contributed by atoms with Crippen molar-refractivity contribution in [1.29, 1.82) is 0 Å². The average molecular weight is 446 g/mol. The number of nitrogens with one attached hydrogen (secondary N) is 1. The van der Waals surface area contributed by atoms with Crippen LogP contribution in [0.15, 0.2) is 36.4 Å². The Kier molecular flexibility index (Phi) is 6.87. The molecular weight excluding hydrogens is 417 g/mol. The zero-order valence-corrected chi connectivity index (χ0v) is 19.0. The molecule has 0 saturated carbocycles. The molecule has 1 atom stereocenters. The molecule has 1 unspecified atom stereocenters. The van der Waals surface area contributed by atoms with Gasteiger partial charge in [-0.25, -0.2) is 0 Å². The summed E-state index contributed by atoms with van der Waals surface area (Å²) in [6.07, 6.45) is 5.94. The van der Waals surface area contributed by atoms with Crippen LogP contribution in [0.25, 0.3) is 0 Å². The maximum Gasteiger partial charge on any atom is 0.251 e. The molecule has 2 aliphatic rings. The van der Waals surface area contributed by atoms with Crippen LogP contribution in [0.3, 0.4) is 0 Å². The van der Waals surface area contributed by atoms with Crippen LogP contribution < -0.4 is 10.2 Å². The molecule has 0 aromatic heterocycles. The Labute approximate surface area is 189 Å². The highest BCUT2D eigenvalue weighted by Crippen LogP contribution is 2.37. The molecule has 0 radical (unpaired) electrons. The van der Waals surface area contributed by atoms with Gasteiger partial charge in [0.1, 0.15) is 0 Å². The van der Waals surface area contributed by atoms with Crippen molar-refractivity contribution in [3.05, 3.63) is 63.1 Å². The van der Waals surface area contributed by atoms with Crippen LogP contribution >= 0.6 is 23.2 Å². The second kappa shape index (κ2) is 9.59. The fourth-order valence-corrected chi connectivity index (χ4v) is 5.43. The summed E-state index contributed by atoms with van der Waals surface area (Å²) in [5.74, 6) is -0.154. The number of nitrogens with zero attached hydrogens (tertiary/aromatic N) is 2. The highest BCUT2D eigenvalue weighted by atomic mass is 35.5. The topological polar surface area (TPSA) is 35.6 Å². The van der Waals surface area contributed by atoms with E-state index in [-0.39, 0.29) is 5.91 Å². The summed E-state index contributed by atoms with van der Waals surface area (Å²) in [5, 5.41) is 4.15. The summed E-state index contributed by atoms with van der Waals surface area (Å²) in [5.41, 5.74) is 3.81. The molecule has 1 N–H and O–H groups in total. The first-order valence-corrected chi connectivity index (χ1v) is 11.6. The molecule has 4 nitrogen and oxygen atoms in total. The average Bonchev–Trinajstić information content (AvgIpc) is 3.26. The normalized spacial score (nSPS) is 19.8. The van der Waals surface area contributed by atoms with E-state index in [0.717, 1.165) is 50.1 Å². The predicted octanol–water partition coefficient (Wildman–Crippen LogP) is 5.68. The first-order chi connectivity index (χ1) is 14.5. The molecule has 30 heavy (non-hydrogen) atoms. The summed E-state index contributed by atoms with van der Waals surface area (Å²) < 4.78 is 0. The molecule has 2 heterocycles. The zero-order chi connectivity index (χ0) is 21.1. The fraction of sp³-hybridized carbons (Fsp3) is 0.458. The van der Waals surface area contributed by atoms with Gasteiger partial charge in [0.05, 0.1) is 15.7 Å². The molecule has 0 spiro atoms. The number of halogens is 2. The van der Waals surface area contributed by atoms with Crippen LogP contribution in [0.4, 0.5) is 5.69 Å². The highest BCUT2D eigenvalue weighted by molar-refractivity contribution is 6.39. The standard InChI is InChI=1S/C24H29Cl2N3O/c1-28-11-5-4-10-22(28)19-9-3-2-8-17(19)16-27-24(30)18-14-20(25)23(21(26)15-18)29-12-6-7-13-29/h2-3,8-9,14-15,22H,4-7,10-13,16H2,1H3,(H,27,30). The van der Waals surface area contributed by atoms with E-state index >= 15 is 0 Å². The number of carbonyl (C=O) groups is 1. The minimum absolute atomic E-state index is 0.154. The van der Waals surface area contributed by atoms with Gasteiger partial charge >= 0.3 is 0 Å². The predicted molar refractivity (Wildman–Crippen MR) is 125 cm³/mol. The van der Waals surface area contributed by atoms with Gasteiger partial charge in [-0.1, -0.05) is 53.9 Å². The minimum Gasteiger partial charge on any atom is -0.369 e. The van der Waals surface area contributed by atoms with Gasteiger partial charge < -0.3 is 10.2 Å². The van der Waals surface area contributed by atoms with Crippen molar-refractivity contribution in [3.63, 3.8) is 0 Å². The lowest BCUT2D eigenvalue weighted by molar-refractivity contribution is 0.0950. The SMILES string of the molecule is CN1CCCCC1c1ccccc1CNC(=O)c1cc(Cl)c(N2CCCC2)c(Cl)c1. The van der Waals surface area contributed by atoms with E-state index in [9.17, 15) is 4.79 Å². The Morgan fingerprint density at radius 3 is 2.40 bits per heavy atom. The lowest BCUT2D eigenvalue weighted by Crippen LogP contribution is -2.31. The van der Waals surface area contributed by atoms with Crippen molar-refractivity contribution in [3.8, 4) is 0 Å². The minimum atomic E-state index is -0.154. The second-order valence-electron chi connectivity index (χ2n) is 8.36. The van der Waals surface area contributed by atoms with Gasteiger partial charge in [-0.2, -0.15) is 0 Å². The van der Waals surface area contributed by atoms with Crippen molar-refractivity contribution in [1.82, 2.24) is 10.2 Å². The lowest BCUT2D eigenvalue weighted by Gasteiger charge is -2.34. The quantitative estimate of drug-likeness (QED) is 0.642. The Hall–Kier alpha value is -1.75. The Morgan fingerprint density at radius 2 is 1.70 bits per heavy atom. The van der Waals surface area contributed by atoms with Gasteiger partial charge in [0.25, 0.3) is 5.91 Å². The molecule has 2 aliphatic heterocycles. The van der Waals surface area contributed by atoms with Crippen molar-refractivity contribution < 1.29 is 4.79 Å². The number of hydrogen-bond acceptors (Lipinski definition) is 3. The van der Waals surface area contributed by atoms with Crippen LogP contribution in [0, 0.1) is 0 Å². The highest BCUT2D eigenvalue weighted by Gasteiger charge is 2.23. The zero-order valence-electron chi connectivity index (χ0n) is 17.5. The lowest BCUT2D eigenvalue weighted by atomic mass is 9.92. The molecule has 1 amide bonds. The van der Waals surface area contributed by atoms with Crippen LogP contribution in [0.2, 0.25) is 10.0 Å². The Bertz CT molecular complexity index is 888. The molecule has 2 saturated heterocycles. The fourth-order valence-electron chi connectivity index (χ4n) is 4.71. The van der Waals surface area contributed by atoms with Gasteiger partial charge in [0, 0.05) is 31.2 Å². The van der Waals surface area contributed by atoms with E-state index in [1.54, 1.807) is 12.1 Å². The van der Waals surface area contributed by atoms with Crippen LogP contribution in [0.1, 0.15) is 59.6 Å². The largest absolute Gasteiger partial charge is 0.369 e. The maximum atomic E-state index is 12.9. The molecular formula is C24H29Cl2N3O. The monoisotopic (exact) mass is 445 g/mol. The smallest absolute Gasteiger partial charge is 0.251 e.